The molecule has 19 heavy (non-hydrogen) atoms. The van der Waals surface area contributed by atoms with Crippen molar-refractivity contribution < 1.29 is 0 Å². The summed E-state index contributed by atoms with van der Waals surface area (Å²) in [7, 11) is 0. The lowest BCUT2D eigenvalue weighted by molar-refractivity contribution is 0.734. The van der Waals surface area contributed by atoms with E-state index >= 15 is 0 Å². The largest absolute Gasteiger partial charge is 0.345 e. The molecule has 0 unspecified atom stereocenters. The molecule has 1 aliphatic rings. The van der Waals surface area contributed by atoms with E-state index in [1.807, 2.05) is 6.07 Å². The molecule has 0 atom stereocenters. The van der Waals surface area contributed by atoms with E-state index in [2.05, 4.69) is 57.1 Å². The molecule has 3 rings (SSSR count). The standard InChI is InChI=1S/C15H15BrN2S/c1-2-11-12(16)13(19)18-14(17-11)15(8-9-15)10-6-4-3-5-7-10/h3-7H,2,8-9H2,1H3,(H,17,18,19). The average Bonchev–Trinajstić information content (AvgIpc) is 3.24. The van der Waals surface area contributed by atoms with E-state index in [9.17, 15) is 0 Å². The maximum absolute atomic E-state index is 5.36. The first kappa shape index (κ1) is 13.0. The lowest BCUT2D eigenvalue weighted by atomic mass is 9.95. The van der Waals surface area contributed by atoms with Gasteiger partial charge >= 0.3 is 0 Å². The van der Waals surface area contributed by atoms with Crippen molar-refractivity contribution in [1.29, 1.82) is 0 Å². The van der Waals surface area contributed by atoms with Crippen molar-refractivity contribution in [3.8, 4) is 0 Å². The van der Waals surface area contributed by atoms with Crippen LogP contribution >= 0.6 is 28.1 Å². The van der Waals surface area contributed by atoms with Crippen LogP contribution in [-0.2, 0) is 11.8 Å². The molecule has 0 radical (unpaired) electrons. The van der Waals surface area contributed by atoms with Crippen LogP contribution in [0.2, 0.25) is 0 Å². The molecule has 2 nitrogen and oxygen atoms in total. The Labute approximate surface area is 126 Å². The Morgan fingerprint density at radius 2 is 2.00 bits per heavy atom. The predicted molar refractivity (Wildman–Crippen MR) is 83.0 cm³/mol. The number of aromatic amines is 1. The van der Waals surface area contributed by atoms with Crippen LogP contribution in [0.25, 0.3) is 0 Å². The molecule has 0 aliphatic heterocycles. The molecule has 0 bridgehead atoms. The lowest BCUT2D eigenvalue weighted by Crippen LogP contribution is -2.15. The molecule has 1 aromatic carbocycles. The third kappa shape index (κ3) is 2.17. The molecule has 4 heteroatoms. The monoisotopic (exact) mass is 334 g/mol. The Morgan fingerprint density at radius 3 is 2.58 bits per heavy atom. The molecule has 1 saturated carbocycles. The molecular weight excluding hydrogens is 320 g/mol. The zero-order chi connectivity index (χ0) is 13.5. The molecule has 1 fully saturated rings. The molecule has 1 heterocycles. The zero-order valence-electron chi connectivity index (χ0n) is 10.7. The number of rotatable bonds is 3. The van der Waals surface area contributed by atoms with Gasteiger partial charge in [-0.05, 0) is 40.8 Å². The van der Waals surface area contributed by atoms with Gasteiger partial charge in [-0.25, -0.2) is 4.98 Å². The normalized spacial score (nSPS) is 16.3. The van der Waals surface area contributed by atoms with Gasteiger partial charge in [-0.1, -0.05) is 49.5 Å². The van der Waals surface area contributed by atoms with E-state index in [4.69, 9.17) is 12.2 Å². The topological polar surface area (TPSA) is 28.7 Å². The minimum Gasteiger partial charge on any atom is -0.345 e. The maximum atomic E-state index is 5.36. The number of halogens is 1. The number of nitrogens with one attached hydrogen (secondary N) is 1. The lowest BCUT2D eigenvalue weighted by Gasteiger charge is -2.17. The third-order valence-corrected chi connectivity index (χ3v) is 5.23. The highest BCUT2D eigenvalue weighted by Crippen LogP contribution is 2.52. The summed E-state index contributed by atoms with van der Waals surface area (Å²) < 4.78 is 1.59. The molecule has 2 aromatic rings. The molecule has 0 saturated heterocycles. The van der Waals surface area contributed by atoms with Crippen LogP contribution in [0.3, 0.4) is 0 Å². The number of hydrogen-bond donors (Lipinski definition) is 1. The van der Waals surface area contributed by atoms with Crippen molar-refractivity contribution in [3.05, 3.63) is 56.5 Å². The highest BCUT2D eigenvalue weighted by molar-refractivity contribution is 9.10. The van der Waals surface area contributed by atoms with Crippen molar-refractivity contribution in [2.45, 2.75) is 31.6 Å². The summed E-state index contributed by atoms with van der Waals surface area (Å²) >= 11 is 8.88. The van der Waals surface area contributed by atoms with Crippen LogP contribution in [0.4, 0.5) is 0 Å². The van der Waals surface area contributed by atoms with Gasteiger partial charge in [0.1, 0.15) is 10.5 Å². The van der Waals surface area contributed by atoms with Crippen molar-refractivity contribution in [1.82, 2.24) is 9.97 Å². The number of hydrogen-bond acceptors (Lipinski definition) is 2. The minimum atomic E-state index is 0.0550. The van der Waals surface area contributed by atoms with Gasteiger partial charge in [0.15, 0.2) is 0 Å². The summed E-state index contributed by atoms with van der Waals surface area (Å²) in [5.41, 5.74) is 2.52. The molecule has 1 aliphatic carbocycles. The minimum absolute atomic E-state index is 0.0550. The van der Waals surface area contributed by atoms with Crippen molar-refractivity contribution in [2.24, 2.45) is 0 Å². The Balaban J connectivity index is 2.13. The van der Waals surface area contributed by atoms with Crippen LogP contribution in [0, 0.1) is 4.64 Å². The van der Waals surface area contributed by atoms with E-state index in [-0.39, 0.29) is 5.41 Å². The summed E-state index contributed by atoms with van der Waals surface area (Å²) in [4.78, 5) is 8.08. The van der Waals surface area contributed by atoms with Gasteiger partial charge in [0, 0.05) is 5.69 Å². The van der Waals surface area contributed by atoms with Crippen LogP contribution in [0.1, 0.15) is 36.8 Å². The molecule has 1 aromatic heterocycles. The molecule has 0 amide bonds. The van der Waals surface area contributed by atoms with E-state index in [1.165, 1.54) is 5.56 Å². The third-order valence-electron chi connectivity index (χ3n) is 3.82. The predicted octanol–water partition coefficient (Wildman–Crippen LogP) is 4.54. The highest BCUT2D eigenvalue weighted by atomic mass is 79.9. The van der Waals surface area contributed by atoms with Gasteiger partial charge in [0.2, 0.25) is 0 Å². The summed E-state index contributed by atoms with van der Waals surface area (Å²) in [6, 6.07) is 10.6. The number of aryl methyl sites for hydroxylation is 1. The van der Waals surface area contributed by atoms with E-state index in [0.717, 1.165) is 35.3 Å². The second-order valence-corrected chi connectivity index (χ2v) is 6.16. The Morgan fingerprint density at radius 1 is 1.32 bits per heavy atom. The van der Waals surface area contributed by atoms with E-state index in [1.54, 1.807) is 0 Å². The first-order valence-electron chi connectivity index (χ1n) is 6.52. The first-order chi connectivity index (χ1) is 9.17. The van der Waals surface area contributed by atoms with Crippen molar-refractivity contribution >= 4 is 28.1 Å². The van der Waals surface area contributed by atoms with Gasteiger partial charge in [-0.2, -0.15) is 0 Å². The first-order valence-corrected chi connectivity index (χ1v) is 7.72. The fraction of sp³-hybridized carbons (Fsp3) is 0.333. The summed E-state index contributed by atoms with van der Waals surface area (Å²) in [6.07, 6.45) is 3.20. The molecular formula is C15H15BrN2S. The second-order valence-electron chi connectivity index (χ2n) is 4.98. The Hall–Kier alpha value is -1.00. The van der Waals surface area contributed by atoms with Crippen LogP contribution in [-0.4, -0.2) is 9.97 Å². The van der Waals surface area contributed by atoms with Crippen molar-refractivity contribution in [3.63, 3.8) is 0 Å². The summed E-state index contributed by atoms with van der Waals surface area (Å²) in [5, 5.41) is 0. The Kier molecular flexibility index (Phi) is 3.31. The second kappa shape index (κ2) is 4.84. The van der Waals surface area contributed by atoms with Gasteiger partial charge in [-0.15, -0.1) is 0 Å². The fourth-order valence-corrected chi connectivity index (χ4v) is 3.20. The van der Waals surface area contributed by atoms with Gasteiger partial charge < -0.3 is 4.98 Å². The highest BCUT2D eigenvalue weighted by Gasteiger charge is 2.48. The van der Waals surface area contributed by atoms with Crippen LogP contribution in [0.5, 0.6) is 0 Å². The van der Waals surface area contributed by atoms with Gasteiger partial charge in [0.25, 0.3) is 0 Å². The summed E-state index contributed by atoms with van der Waals surface area (Å²) in [6.45, 7) is 2.12. The Bertz CT molecular complexity index is 660. The molecule has 0 spiro atoms. The fourth-order valence-electron chi connectivity index (χ4n) is 2.52. The average molecular weight is 335 g/mol. The SMILES string of the molecule is CCc1[nH]c(C2(c3ccccc3)CC2)nc(=S)c1Br. The van der Waals surface area contributed by atoms with Gasteiger partial charge in [0.05, 0.1) is 9.89 Å². The van der Waals surface area contributed by atoms with Crippen LogP contribution < -0.4 is 0 Å². The van der Waals surface area contributed by atoms with Gasteiger partial charge in [-0.3, -0.25) is 0 Å². The quantitative estimate of drug-likeness (QED) is 0.834. The smallest absolute Gasteiger partial charge is 0.144 e. The number of benzene rings is 1. The molecule has 98 valence electrons. The number of nitrogens with zero attached hydrogens (tertiary/aromatic N) is 1. The maximum Gasteiger partial charge on any atom is 0.144 e. The molecule has 1 N–H and O–H groups in total. The number of aromatic nitrogens is 2. The van der Waals surface area contributed by atoms with Crippen LogP contribution in [0.15, 0.2) is 34.8 Å². The van der Waals surface area contributed by atoms with E-state index < -0.39 is 0 Å². The number of H-pyrrole nitrogens is 1. The summed E-state index contributed by atoms with van der Waals surface area (Å²) in [5.74, 6) is 1.02. The van der Waals surface area contributed by atoms with Crippen molar-refractivity contribution in [2.75, 3.05) is 0 Å². The van der Waals surface area contributed by atoms with E-state index in [0.29, 0.717) is 4.64 Å². The zero-order valence-corrected chi connectivity index (χ0v) is 13.1.